The first-order valence-electron chi connectivity index (χ1n) is 3.02. The van der Waals surface area contributed by atoms with Gasteiger partial charge in [0.15, 0.2) is 6.54 Å². The largest absolute Gasteiger partial charge is 0.408 e. The molecule has 0 amide bonds. The molecule has 0 aliphatic rings. The van der Waals surface area contributed by atoms with Gasteiger partial charge in [0.2, 0.25) is 0 Å². The van der Waals surface area contributed by atoms with Gasteiger partial charge >= 0.3 is 0 Å². The van der Waals surface area contributed by atoms with E-state index in [0.29, 0.717) is 10.7 Å². The Hall–Kier alpha value is -0.680. The fraction of sp³-hybridized carbons (Fsp3) is 0.600. The van der Waals surface area contributed by atoms with Crippen LogP contribution in [0.1, 0.15) is 5.89 Å². The minimum atomic E-state index is 0.344. The molecule has 56 valence electrons. The third-order valence-corrected chi connectivity index (χ3v) is 1.16. The third kappa shape index (κ3) is 1.93. The lowest BCUT2D eigenvalue weighted by Crippen LogP contribution is -3.04. The minimum Gasteiger partial charge on any atom is -0.408 e. The van der Waals surface area contributed by atoms with Crippen LogP contribution in [-0.4, -0.2) is 24.3 Å². The molecule has 1 heterocycles. The van der Waals surface area contributed by atoms with Gasteiger partial charge in [-0.15, -0.1) is 5.10 Å². The van der Waals surface area contributed by atoms with Gasteiger partial charge in [-0.25, -0.2) is 5.10 Å². The molecule has 2 N–H and O–H groups in total. The van der Waals surface area contributed by atoms with E-state index < -0.39 is 0 Å². The number of aromatic nitrogens is 2. The lowest BCUT2D eigenvalue weighted by molar-refractivity contribution is -0.874. The Morgan fingerprint density at radius 3 is 2.80 bits per heavy atom. The molecule has 1 aromatic heterocycles. The number of rotatable bonds is 2. The van der Waals surface area contributed by atoms with Crippen molar-refractivity contribution < 1.29 is 9.32 Å². The lowest BCUT2D eigenvalue weighted by atomic mass is 10.6. The number of hydrogen-bond acceptors (Lipinski definition) is 3. The number of nitrogens with one attached hydrogen (secondary N) is 2. The van der Waals surface area contributed by atoms with Crippen molar-refractivity contribution in [1.29, 1.82) is 0 Å². The first-order chi connectivity index (χ1) is 4.68. The summed E-state index contributed by atoms with van der Waals surface area (Å²) in [5.41, 5.74) is 0. The number of aromatic amines is 1. The number of H-pyrrole nitrogens is 1. The Balaban J connectivity index is 2.67. The highest BCUT2D eigenvalue weighted by Crippen LogP contribution is 1.89. The average molecular weight is 160 g/mol. The van der Waals surface area contributed by atoms with E-state index in [0.717, 1.165) is 6.54 Å². The maximum Gasteiger partial charge on any atom is 0.284 e. The van der Waals surface area contributed by atoms with E-state index in [1.54, 1.807) is 0 Å². The van der Waals surface area contributed by atoms with Crippen LogP contribution in [-0.2, 0) is 6.54 Å². The number of hydrogen-bond donors (Lipinski definition) is 2. The van der Waals surface area contributed by atoms with Crippen molar-refractivity contribution in [3.05, 3.63) is 10.7 Å². The molecule has 0 unspecified atom stereocenters. The molecule has 10 heavy (non-hydrogen) atoms. The highest BCUT2D eigenvalue weighted by molar-refractivity contribution is 7.71. The van der Waals surface area contributed by atoms with Gasteiger partial charge in [0.05, 0.1) is 14.1 Å². The lowest BCUT2D eigenvalue weighted by Gasteiger charge is -2.00. The Bertz CT molecular complexity index is 251. The van der Waals surface area contributed by atoms with Crippen LogP contribution < -0.4 is 4.90 Å². The maximum absolute atomic E-state index is 5.02. The zero-order valence-corrected chi connectivity index (χ0v) is 6.79. The van der Waals surface area contributed by atoms with Crippen LogP contribution in [0.3, 0.4) is 0 Å². The summed E-state index contributed by atoms with van der Waals surface area (Å²) >= 11 is 4.69. The van der Waals surface area contributed by atoms with Crippen molar-refractivity contribution >= 4 is 12.2 Å². The van der Waals surface area contributed by atoms with E-state index in [2.05, 4.69) is 10.2 Å². The molecular weight excluding hydrogens is 150 g/mol. The van der Waals surface area contributed by atoms with E-state index >= 15 is 0 Å². The fourth-order valence-electron chi connectivity index (χ4n) is 0.639. The van der Waals surface area contributed by atoms with Crippen LogP contribution in [0.4, 0.5) is 0 Å². The second-order valence-corrected chi connectivity index (χ2v) is 2.76. The predicted molar refractivity (Wildman–Crippen MR) is 38.2 cm³/mol. The van der Waals surface area contributed by atoms with Gasteiger partial charge in [0, 0.05) is 0 Å². The molecule has 0 saturated heterocycles. The summed E-state index contributed by atoms with van der Waals surface area (Å²) in [6.07, 6.45) is 0. The summed E-state index contributed by atoms with van der Waals surface area (Å²) in [7, 11) is 4.04. The van der Waals surface area contributed by atoms with Gasteiger partial charge in [-0.2, -0.15) is 0 Å². The van der Waals surface area contributed by atoms with Crippen molar-refractivity contribution in [2.75, 3.05) is 14.1 Å². The molecule has 5 heteroatoms. The van der Waals surface area contributed by atoms with Gasteiger partial charge in [0.1, 0.15) is 0 Å². The first-order valence-corrected chi connectivity index (χ1v) is 3.42. The van der Waals surface area contributed by atoms with Gasteiger partial charge < -0.3 is 9.32 Å². The maximum atomic E-state index is 5.02. The highest BCUT2D eigenvalue weighted by Gasteiger charge is 2.02. The molecule has 1 aromatic rings. The molecule has 0 fully saturated rings. The summed E-state index contributed by atoms with van der Waals surface area (Å²) in [6.45, 7) is 0.757. The first kappa shape index (κ1) is 7.43. The fourth-order valence-corrected chi connectivity index (χ4v) is 0.781. The Kier molecular flexibility index (Phi) is 2.18. The van der Waals surface area contributed by atoms with Gasteiger partial charge in [0.25, 0.3) is 10.7 Å². The van der Waals surface area contributed by atoms with Crippen molar-refractivity contribution in [2.45, 2.75) is 6.54 Å². The molecule has 0 saturated carbocycles. The zero-order valence-electron chi connectivity index (χ0n) is 5.97. The van der Waals surface area contributed by atoms with E-state index in [9.17, 15) is 0 Å². The quantitative estimate of drug-likeness (QED) is 0.567. The van der Waals surface area contributed by atoms with Gasteiger partial charge in [-0.3, -0.25) is 0 Å². The minimum absolute atomic E-state index is 0.344. The van der Waals surface area contributed by atoms with Crippen LogP contribution in [0.5, 0.6) is 0 Å². The summed E-state index contributed by atoms with van der Waals surface area (Å²) in [4.78, 5) is 1.60. The molecule has 1 rings (SSSR count). The van der Waals surface area contributed by atoms with Crippen molar-refractivity contribution in [2.24, 2.45) is 0 Å². The molecule has 0 bridgehead atoms. The van der Waals surface area contributed by atoms with Crippen LogP contribution in [0, 0.1) is 4.84 Å². The monoisotopic (exact) mass is 160 g/mol. The molecule has 0 atom stereocenters. The Labute approximate surface area is 63.8 Å². The topological polar surface area (TPSA) is 46.3 Å². The van der Waals surface area contributed by atoms with E-state index in [1.165, 1.54) is 4.90 Å². The summed E-state index contributed by atoms with van der Waals surface area (Å²) in [6, 6.07) is 0. The van der Waals surface area contributed by atoms with Crippen LogP contribution in [0.15, 0.2) is 4.42 Å². The SMILES string of the molecule is C[NH+](C)Cc1n[nH]c(=S)o1. The van der Waals surface area contributed by atoms with E-state index in [4.69, 9.17) is 16.6 Å². The number of nitrogens with zero attached hydrogens (tertiary/aromatic N) is 1. The molecule has 0 spiro atoms. The van der Waals surface area contributed by atoms with Crippen molar-refractivity contribution in [3.8, 4) is 0 Å². The van der Waals surface area contributed by atoms with Crippen LogP contribution in [0.25, 0.3) is 0 Å². The van der Waals surface area contributed by atoms with E-state index in [-0.39, 0.29) is 0 Å². The molecule has 4 nitrogen and oxygen atoms in total. The summed E-state index contributed by atoms with van der Waals surface area (Å²) in [5, 5.41) is 6.40. The van der Waals surface area contributed by atoms with Crippen molar-refractivity contribution in [3.63, 3.8) is 0 Å². The van der Waals surface area contributed by atoms with E-state index in [1.807, 2.05) is 14.1 Å². The second kappa shape index (κ2) is 2.94. The highest BCUT2D eigenvalue weighted by atomic mass is 32.1. The normalized spacial score (nSPS) is 10.7. The molecule has 0 radical (unpaired) electrons. The zero-order chi connectivity index (χ0) is 7.56. The standard InChI is InChI=1S/C5H9N3OS/c1-8(2)3-4-6-7-5(10)9-4/h3H2,1-2H3,(H,7,10)/p+1. The molecule has 0 aromatic carbocycles. The van der Waals surface area contributed by atoms with Crippen LogP contribution >= 0.6 is 12.2 Å². The van der Waals surface area contributed by atoms with Crippen LogP contribution in [0.2, 0.25) is 0 Å². The van der Waals surface area contributed by atoms with Crippen molar-refractivity contribution in [1.82, 2.24) is 10.2 Å². The third-order valence-electron chi connectivity index (χ3n) is 0.987. The Morgan fingerprint density at radius 1 is 1.70 bits per heavy atom. The smallest absolute Gasteiger partial charge is 0.284 e. The molecule has 0 aliphatic heterocycles. The summed E-state index contributed by atoms with van der Waals surface area (Å²) < 4.78 is 5.02. The summed E-state index contributed by atoms with van der Waals surface area (Å²) in [5.74, 6) is 0.657. The number of quaternary nitrogens is 1. The molecular formula is C5H10N3OS+. The second-order valence-electron chi connectivity index (χ2n) is 2.39. The Morgan fingerprint density at radius 2 is 2.40 bits per heavy atom. The predicted octanol–water partition coefficient (Wildman–Crippen LogP) is -0.623. The molecule has 0 aliphatic carbocycles. The average Bonchev–Trinajstić information content (AvgIpc) is 2.13. The van der Waals surface area contributed by atoms with Gasteiger partial charge in [-0.05, 0) is 12.2 Å². The van der Waals surface area contributed by atoms with Gasteiger partial charge in [-0.1, -0.05) is 0 Å².